The van der Waals surface area contributed by atoms with E-state index in [2.05, 4.69) is 52.7 Å². The van der Waals surface area contributed by atoms with Crippen molar-refractivity contribution >= 4 is 22.7 Å². The number of fused-ring (bicyclic) bond motifs is 1. The molecule has 2 saturated heterocycles. The van der Waals surface area contributed by atoms with Crippen molar-refractivity contribution in [3.8, 4) is 5.75 Å². The lowest BCUT2D eigenvalue weighted by atomic mass is 9.74. The molecule has 2 heterocycles. The van der Waals surface area contributed by atoms with Crippen molar-refractivity contribution in [2.24, 2.45) is 5.92 Å². The van der Waals surface area contributed by atoms with Crippen LogP contribution in [0.5, 0.6) is 5.75 Å². The number of piperidine rings is 1. The normalized spacial score (nSPS) is 21.8. The maximum Gasteiger partial charge on any atom is 0.324 e. The monoisotopic (exact) mass is 457 g/mol. The molecule has 176 valence electrons. The highest BCUT2D eigenvalue weighted by molar-refractivity contribution is 6.07. The van der Waals surface area contributed by atoms with Crippen molar-refractivity contribution in [3.63, 3.8) is 0 Å². The largest absolute Gasteiger partial charge is 0.497 e. The third kappa shape index (κ3) is 4.14. The molecule has 6 nitrogen and oxygen atoms in total. The van der Waals surface area contributed by atoms with Gasteiger partial charge in [0.2, 0.25) is 0 Å². The van der Waals surface area contributed by atoms with Crippen LogP contribution in [0.25, 0.3) is 10.8 Å². The van der Waals surface area contributed by atoms with Crippen LogP contribution < -0.4 is 10.1 Å². The van der Waals surface area contributed by atoms with Gasteiger partial charge in [-0.3, -0.25) is 14.6 Å². The van der Waals surface area contributed by atoms with Crippen LogP contribution >= 0.6 is 0 Å². The number of likely N-dealkylation sites (N-methyl/N-ethyl adjacent to an activating group) is 1. The molecular weight excluding hydrogens is 426 g/mol. The second-order valence-corrected chi connectivity index (χ2v) is 9.53. The fourth-order valence-electron chi connectivity index (χ4n) is 5.54. The second kappa shape index (κ2) is 9.11. The Balaban J connectivity index is 1.32. The first kappa shape index (κ1) is 22.4. The van der Waals surface area contributed by atoms with Gasteiger partial charge in [0.05, 0.1) is 7.11 Å². The third-order valence-electron chi connectivity index (χ3n) is 7.44. The second-order valence-electron chi connectivity index (χ2n) is 9.53. The minimum atomic E-state index is -0.909. The highest BCUT2D eigenvalue weighted by Crippen LogP contribution is 2.37. The molecule has 3 aromatic carbocycles. The number of hydrogen-bond donors (Lipinski definition) is 1. The molecule has 0 saturated carbocycles. The van der Waals surface area contributed by atoms with Crippen molar-refractivity contribution in [1.82, 2.24) is 15.1 Å². The predicted octanol–water partition coefficient (Wildman–Crippen LogP) is 4.22. The van der Waals surface area contributed by atoms with Crippen LogP contribution in [0.15, 0.2) is 66.7 Å². The molecule has 3 amide bonds. The molecule has 0 radical (unpaired) electrons. The van der Waals surface area contributed by atoms with Gasteiger partial charge < -0.3 is 10.1 Å². The lowest BCUT2D eigenvalue weighted by Gasteiger charge is -2.41. The van der Waals surface area contributed by atoms with Gasteiger partial charge >= 0.3 is 6.03 Å². The van der Waals surface area contributed by atoms with Crippen molar-refractivity contribution < 1.29 is 14.3 Å². The number of rotatable bonds is 6. The summed E-state index contributed by atoms with van der Waals surface area (Å²) in [7, 11) is 3.20. The van der Waals surface area contributed by atoms with E-state index in [1.54, 1.807) is 14.2 Å². The molecule has 6 heteroatoms. The quantitative estimate of drug-likeness (QED) is 0.563. The zero-order valence-corrected chi connectivity index (χ0v) is 19.8. The SMILES string of the molecule is COc1cccc(C[C@]2(C3CCN(Cc4ccc5ccccc5c4)CC3)NC(=O)N(C)C2=O)c1. The van der Waals surface area contributed by atoms with Crippen LogP contribution in [0.1, 0.15) is 24.0 Å². The third-order valence-corrected chi connectivity index (χ3v) is 7.44. The molecule has 2 fully saturated rings. The highest BCUT2D eigenvalue weighted by atomic mass is 16.5. The smallest absolute Gasteiger partial charge is 0.324 e. The predicted molar refractivity (Wildman–Crippen MR) is 133 cm³/mol. The zero-order valence-electron chi connectivity index (χ0n) is 19.8. The van der Waals surface area contributed by atoms with Gasteiger partial charge in [0, 0.05) is 20.0 Å². The van der Waals surface area contributed by atoms with E-state index < -0.39 is 5.54 Å². The Morgan fingerprint density at radius 3 is 2.41 bits per heavy atom. The molecule has 0 spiro atoms. The molecule has 2 aliphatic heterocycles. The number of nitrogens with one attached hydrogen (secondary N) is 1. The first-order valence-corrected chi connectivity index (χ1v) is 11.9. The maximum atomic E-state index is 13.4. The number of hydrogen-bond acceptors (Lipinski definition) is 4. The van der Waals surface area contributed by atoms with E-state index in [1.165, 1.54) is 21.2 Å². The summed E-state index contributed by atoms with van der Waals surface area (Å²) in [6, 6.07) is 22.5. The first-order chi connectivity index (χ1) is 16.5. The molecule has 0 aromatic heterocycles. The number of urea groups is 1. The summed E-state index contributed by atoms with van der Waals surface area (Å²) < 4.78 is 5.37. The number of benzene rings is 3. The van der Waals surface area contributed by atoms with Gasteiger partial charge in [-0.1, -0.05) is 48.5 Å². The van der Waals surface area contributed by atoms with Gasteiger partial charge in [0.15, 0.2) is 0 Å². The Labute approximate surface area is 200 Å². The van der Waals surface area contributed by atoms with E-state index in [-0.39, 0.29) is 17.9 Å². The molecule has 2 aliphatic rings. The van der Waals surface area contributed by atoms with E-state index in [0.717, 1.165) is 43.8 Å². The number of likely N-dealkylation sites (tertiary alicyclic amines) is 1. The van der Waals surface area contributed by atoms with E-state index in [9.17, 15) is 9.59 Å². The van der Waals surface area contributed by atoms with Crippen LogP contribution in [0.2, 0.25) is 0 Å². The molecule has 0 bridgehead atoms. The van der Waals surface area contributed by atoms with Gasteiger partial charge in [-0.25, -0.2) is 4.79 Å². The zero-order chi connectivity index (χ0) is 23.7. The summed E-state index contributed by atoms with van der Waals surface area (Å²) in [5, 5.41) is 5.60. The van der Waals surface area contributed by atoms with Crippen LogP contribution in [0.4, 0.5) is 4.79 Å². The molecule has 5 rings (SSSR count). The molecule has 1 N–H and O–H groups in total. The van der Waals surface area contributed by atoms with Crippen molar-refractivity contribution in [1.29, 1.82) is 0 Å². The summed E-state index contributed by atoms with van der Waals surface area (Å²) in [4.78, 5) is 29.6. The number of carbonyl (C=O) groups is 2. The lowest BCUT2D eigenvalue weighted by Crippen LogP contribution is -2.57. The molecule has 0 aliphatic carbocycles. The van der Waals surface area contributed by atoms with Crippen LogP contribution in [-0.4, -0.2) is 54.5 Å². The number of nitrogens with zero attached hydrogens (tertiary/aromatic N) is 2. The molecule has 3 aromatic rings. The molecule has 34 heavy (non-hydrogen) atoms. The van der Waals surface area contributed by atoms with E-state index in [0.29, 0.717) is 6.42 Å². The number of methoxy groups -OCH3 is 1. The Morgan fingerprint density at radius 2 is 1.71 bits per heavy atom. The first-order valence-electron chi connectivity index (χ1n) is 11.9. The maximum absolute atomic E-state index is 13.4. The Morgan fingerprint density at radius 1 is 0.941 bits per heavy atom. The highest BCUT2D eigenvalue weighted by Gasteiger charge is 2.54. The fraction of sp³-hybridized carbons (Fsp3) is 0.357. The van der Waals surface area contributed by atoms with Gasteiger partial charge in [-0.05, 0) is 71.9 Å². The summed E-state index contributed by atoms with van der Waals surface area (Å²) in [5.74, 6) is 0.698. The minimum absolute atomic E-state index is 0.0768. The number of carbonyl (C=O) groups excluding carboxylic acids is 2. The fourth-order valence-corrected chi connectivity index (χ4v) is 5.54. The van der Waals surface area contributed by atoms with Gasteiger partial charge in [-0.15, -0.1) is 0 Å². The molecule has 0 unspecified atom stereocenters. The number of ether oxygens (including phenoxy) is 1. The Hall–Kier alpha value is -3.38. The Kier molecular flexibility index (Phi) is 6.00. The minimum Gasteiger partial charge on any atom is -0.497 e. The van der Waals surface area contributed by atoms with Crippen LogP contribution in [-0.2, 0) is 17.8 Å². The summed E-state index contributed by atoms with van der Waals surface area (Å²) in [6.07, 6.45) is 2.18. The lowest BCUT2D eigenvalue weighted by molar-refractivity contribution is -0.133. The average Bonchev–Trinajstić information content (AvgIpc) is 3.08. The Bertz CT molecular complexity index is 1220. The number of amides is 3. The van der Waals surface area contributed by atoms with Gasteiger partial charge in [0.25, 0.3) is 5.91 Å². The molecule has 1 atom stereocenters. The topological polar surface area (TPSA) is 61.9 Å². The summed E-state index contributed by atoms with van der Waals surface area (Å²) >= 11 is 0. The van der Waals surface area contributed by atoms with Crippen molar-refractivity contribution in [2.75, 3.05) is 27.2 Å². The summed E-state index contributed by atoms with van der Waals surface area (Å²) in [5.41, 5.74) is 1.38. The standard InChI is InChI=1S/C28H31N3O3/c1-30-26(32)28(29-27(30)33,18-20-6-5-9-25(17-20)34-2)24-12-14-31(15-13-24)19-21-10-11-22-7-3-4-8-23(22)16-21/h3-11,16-17,24H,12-15,18-19H2,1-2H3,(H,29,33)/t28-/m1/s1. The van der Waals surface area contributed by atoms with Gasteiger partial charge in [-0.2, -0.15) is 0 Å². The van der Waals surface area contributed by atoms with Crippen LogP contribution in [0, 0.1) is 5.92 Å². The average molecular weight is 458 g/mol. The van der Waals surface area contributed by atoms with Crippen molar-refractivity contribution in [2.45, 2.75) is 31.3 Å². The van der Waals surface area contributed by atoms with Crippen LogP contribution in [0.3, 0.4) is 0 Å². The summed E-state index contributed by atoms with van der Waals surface area (Å²) in [6.45, 7) is 2.68. The van der Waals surface area contributed by atoms with E-state index in [4.69, 9.17) is 4.74 Å². The van der Waals surface area contributed by atoms with E-state index >= 15 is 0 Å². The van der Waals surface area contributed by atoms with Crippen molar-refractivity contribution in [3.05, 3.63) is 77.9 Å². The van der Waals surface area contributed by atoms with E-state index in [1.807, 2.05) is 24.3 Å². The number of imide groups is 1. The van der Waals surface area contributed by atoms with Gasteiger partial charge in [0.1, 0.15) is 11.3 Å². The molecular formula is C28H31N3O3.